The molecule has 0 radical (unpaired) electrons. The van der Waals surface area contributed by atoms with Gasteiger partial charge in [0, 0.05) is 18.2 Å². The van der Waals surface area contributed by atoms with E-state index in [0.29, 0.717) is 6.04 Å². The largest absolute Gasteiger partial charge is 0.312 e. The van der Waals surface area contributed by atoms with Gasteiger partial charge in [0.1, 0.15) is 0 Å². The maximum Gasteiger partial charge on any atom is 0.0267 e. The van der Waals surface area contributed by atoms with Crippen LogP contribution >= 0.6 is 11.8 Å². The Labute approximate surface area is 74.3 Å². The second-order valence-corrected chi connectivity index (χ2v) is 3.25. The van der Waals surface area contributed by atoms with Crippen LogP contribution in [0.1, 0.15) is 20.3 Å². The van der Waals surface area contributed by atoms with Crippen molar-refractivity contribution in [3.63, 3.8) is 0 Å². The Balaban J connectivity index is 3.56. The van der Waals surface area contributed by atoms with Crippen molar-refractivity contribution in [3.8, 4) is 11.8 Å². The van der Waals surface area contributed by atoms with E-state index in [1.165, 1.54) is 0 Å². The normalized spacial score (nSPS) is 11.9. The monoisotopic (exact) mass is 171 g/mol. The Kier molecular flexibility index (Phi) is 7.88. The third kappa shape index (κ3) is 6.28. The van der Waals surface area contributed by atoms with Crippen LogP contribution in [0.2, 0.25) is 0 Å². The van der Waals surface area contributed by atoms with Crippen LogP contribution in [0.3, 0.4) is 0 Å². The molecular formula is C9H17NS. The summed E-state index contributed by atoms with van der Waals surface area (Å²) in [7, 11) is 0. The van der Waals surface area contributed by atoms with Gasteiger partial charge < -0.3 is 5.32 Å². The number of nitrogens with one attached hydrogen (secondary N) is 1. The van der Waals surface area contributed by atoms with Gasteiger partial charge in [0.2, 0.25) is 0 Å². The molecule has 0 aromatic rings. The molecule has 11 heavy (non-hydrogen) atoms. The van der Waals surface area contributed by atoms with Crippen LogP contribution in [0, 0.1) is 11.8 Å². The van der Waals surface area contributed by atoms with Gasteiger partial charge in [0.25, 0.3) is 0 Å². The highest BCUT2D eigenvalue weighted by molar-refractivity contribution is 7.98. The van der Waals surface area contributed by atoms with Gasteiger partial charge in [-0.3, -0.25) is 0 Å². The third-order valence-corrected chi connectivity index (χ3v) is 2.12. The molecule has 0 amide bonds. The lowest BCUT2D eigenvalue weighted by Crippen LogP contribution is -2.30. The predicted molar refractivity (Wildman–Crippen MR) is 53.9 cm³/mol. The van der Waals surface area contributed by atoms with Crippen LogP contribution in [0.5, 0.6) is 0 Å². The van der Waals surface area contributed by atoms with E-state index in [4.69, 9.17) is 0 Å². The summed E-state index contributed by atoms with van der Waals surface area (Å²) >= 11 is 1.87. The van der Waals surface area contributed by atoms with Crippen molar-refractivity contribution in [3.05, 3.63) is 0 Å². The van der Waals surface area contributed by atoms with Crippen molar-refractivity contribution in [1.29, 1.82) is 0 Å². The molecule has 0 aliphatic carbocycles. The minimum atomic E-state index is 0.572. The molecule has 0 aromatic heterocycles. The van der Waals surface area contributed by atoms with Crippen molar-refractivity contribution in [2.75, 3.05) is 18.6 Å². The SMILES string of the molecule is CC#CCC(CSC)NCC. The molecule has 0 saturated carbocycles. The van der Waals surface area contributed by atoms with Crippen LogP contribution in [-0.4, -0.2) is 24.6 Å². The quantitative estimate of drug-likeness (QED) is 0.632. The Hall–Kier alpha value is -0.130. The maximum atomic E-state index is 3.40. The molecule has 64 valence electrons. The molecule has 0 rings (SSSR count). The van der Waals surface area contributed by atoms with Crippen LogP contribution < -0.4 is 5.32 Å². The number of hydrogen-bond donors (Lipinski definition) is 1. The van der Waals surface area contributed by atoms with Gasteiger partial charge in [-0.05, 0) is 19.7 Å². The van der Waals surface area contributed by atoms with Gasteiger partial charge in [-0.15, -0.1) is 11.8 Å². The summed E-state index contributed by atoms with van der Waals surface area (Å²) in [6.45, 7) is 5.06. The summed E-state index contributed by atoms with van der Waals surface area (Å²) in [6.07, 6.45) is 3.11. The van der Waals surface area contributed by atoms with E-state index in [2.05, 4.69) is 30.3 Å². The van der Waals surface area contributed by atoms with E-state index >= 15 is 0 Å². The highest BCUT2D eigenvalue weighted by Gasteiger charge is 2.02. The third-order valence-electron chi connectivity index (χ3n) is 1.39. The highest BCUT2D eigenvalue weighted by atomic mass is 32.2. The van der Waals surface area contributed by atoms with Gasteiger partial charge in [-0.2, -0.15) is 11.8 Å². The first-order chi connectivity index (χ1) is 5.35. The van der Waals surface area contributed by atoms with Crippen LogP contribution in [-0.2, 0) is 0 Å². The van der Waals surface area contributed by atoms with Gasteiger partial charge in [-0.25, -0.2) is 0 Å². The van der Waals surface area contributed by atoms with E-state index in [9.17, 15) is 0 Å². The molecule has 0 bridgehead atoms. The van der Waals surface area contributed by atoms with Crippen molar-refractivity contribution in [2.24, 2.45) is 0 Å². The molecule has 1 atom stereocenters. The zero-order valence-electron chi connectivity index (χ0n) is 7.61. The molecule has 0 saturated heterocycles. The summed E-state index contributed by atoms with van der Waals surface area (Å²) in [5, 5.41) is 3.40. The highest BCUT2D eigenvalue weighted by Crippen LogP contribution is 2.00. The number of thioether (sulfide) groups is 1. The van der Waals surface area contributed by atoms with Crippen LogP contribution in [0.15, 0.2) is 0 Å². The van der Waals surface area contributed by atoms with Crippen LogP contribution in [0.25, 0.3) is 0 Å². The molecule has 1 nitrogen and oxygen atoms in total. The molecule has 0 aromatic carbocycles. The van der Waals surface area contributed by atoms with E-state index < -0.39 is 0 Å². The van der Waals surface area contributed by atoms with Gasteiger partial charge in [-0.1, -0.05) is 6.92 Å². The fourth-order valence-corrected chi connectivity index (χ4v) is 1.54. The topological polar surface area (TPSA) is 12.0 Å². The zero-order valence-corrected chi connectivity index (χ0v) is 8.42. The number of hydrogen-bond acceptors (Lipinski definition) is 2. The van der Waals surface area contributed by atoms with Crippen molar-refractivity contribution in [1.82, 2.24) is 5.32 Å². The lowest BCUT2D eigenvalue weighted by atomic mass is 10.2. The van der Waals surface area contributed by atoms with E-state index in [0.717, 1.165) is 18.7 Å². The second kappa shape index (κ2) is 7.97. The van der Waals surface area contributed by atoms with Gasteiger partial charge in [0.05, 0.1) is 0 Å². The second-order valence-electron chi connectivity index (χ2n) is 2.34. The molecule has 1 unspecified atom stereocenters. The Morgan fingerprint density at radius 3 is 2.73 bits per heavy atom. The van der Waals surface area contributed by atoms with E-state index in [1.54, 1.807) is 0 Å². The molecule has 0 spiro atoms. The lowest BCUT2D eigenvalue weighted by Gasteiger charge is -2.12. The van der Waals surface area contributed by atoms with E-state index in [1.807, 2.05) is 18.7 Å². The smallest absolute Gasteiger partial charge is 0.0267 e. The first kappa shape index (κ1) is 10.9. The summed E-state index contributed by atoms with van der Waals surface area (Å²) in [5.74, 6) is 7.16. The predicted octanol–water partition coefficient (Wildman–Crippen LogP) is 1.74. The fraction of sp³-hybridized carbons (Fsp3) is 0.778. The molecule has 2 heteroatoms. The molecule has 0 heterocycles. The molecular weight excluding hydrogens is 154 g/mol. The molecule has 1 N–H and O–H groups in total. The molecule has 0 fully saturated rings. The summed E-state index contributed by atoms with van der Waals surface area (Å²) < 4.78 is 0. The number of rotatable bonds is 5. The van der Waals surface area contributed by atoms with E-state index in [-0.39, 0.29) is 0 Å². The summed E-state index contributed by atoms with van der Waals surface area (Å²) in [5.41, 5.74) is 0. The summed E-state index contributed by atoms with van der Waals surface area (Å²) in [4.78, 5) is 0. The van der Waals surface area contributed by atoms with Crippen LogP contribution in [0.4, 0.5) is 0 Å². The van der Waals surface area contributed by atoms with Gasteiger partial charge in [0.15, 0.2) is 0 Å². The summed E-state index contributed by atoms with van der Waals surface area (Å²) in [6, 6.07) is 0.572. The minimum absolute atomic E-state index is 0.572. The van der Waals surface area contributed by atoms with Crippen molar-refractivity contribution >= 4 is 11.8 Å². The Bertz CT molecular complexity index is 128. The maximum absolute atomic E-state index is 3.40. The minimum Gasteiger partial charge on any atom is -0.312 e. The lowest BCUT2D eigenvalue weighted by molar-refractivity contribution is 0.588. The average molecular weight is 171 g/mol. The van der Waals surface area contributed by atoms with Crippen molar-refractivity contribution in [2.45, 2.75) is 26.3 Å². The fourth-order valence-electron chi connectivity index (χ4n) is 0.905. The van der Waals surface area contributed by atoms with Crippen molar-refractivity contribution < 1.29 is 0 Å². The molecule has 0 aliphatic rings. The Morgan fingerprint density at radius 2 is 2.27 bits per heavy atom. The molecule has 0 aliphatic heterocycles. The average Bonchev–Trinajstić information content (AvgIpc) is 2.01. The standard InChI is InChI=1S/C9H17NS/c1-4-6-7-9(8-11-3)10-5-2/h9-10H,5,7-8H2,1-3H3. The Morgan fingerprint density at radius 1 is 1.55 bits per heavy atom. The van der Waals surface area contributed by atoms with Gasteiger partial charge >= 0.3 is 0 Å². The first-order valence-electron chi connectivity index (χ1n) is 3.97. The zero-order chi connectivity index (χ0) is 8.53. The first-order valence-corrected chi connectivity index (χ1v) is 5.36.